The van der Waals surface area contributed by atoms with Gasteiger partial charge in [0.1, 0.15) is 17.2 Å². The lowest BCUT2D eigenvalue weighted by Crippen LogP contribution is -2.46. The van der Waals surface area contributed by atoms with Gasteiger partial charge in [-0.2, -0.15) is 4.98 Å². The van der Waals surface area contributed by atoms with Gasteiger partial charge in [0.25, 0.3) is 5.91 Å². The van der Waals surface area contributed by atoms with E-state index in [1.165, 1.54) is 18.3 Å². The Balaban J connectivity index is 1.89. The second-order valence-corrected chi connectivity index (χ2v) is 7.05. The highest BCUT2D eigenvalue weighted by Gasteiger charge is 2.47. The van der Waals surface area contributed by atoms with Crippen molar-refractivity contribution < 1.29 is 9.18 Å². The molecule has 0 spiro atoms. The first-order valence-corrected chi connectivity index (χ1v) is 8.53. The smallest absolute Gasteiger partial charge is 0.254 e. The normalized spacial score (nSPS) is 16.2. The van der Waals surface area contributed by atoms with E-state index in [2.05, 4.69) is 34.4 Å². The summed E-state index contributed by atoms with van der Waals surface area (Å²) >= 11 is 0. The van der Waals surface area contributed by atoms with Crippen molar-refractivity contribution in [1.82, 2.24) is 9.97 Å². The van der Waals surface area contributed by atoms with E-state index in [0.29, 0.717) is 11.6 Å². The monoisotopic (exact) mass is 358 g/mol. The van der Waals surface area contributed by atoms with Gasteiger partial charge in [-0.15, -0.1) is 0 Å². The lowest BCUT2D eigenvalue weighted by Gasteiger charge is -2.28. The Hall–Kier alpha value is -2.74. The largest absolute Gasteiger partial charge is 0.365 e. The molecule has 7 nitrogen and oxygen atoms in total. The Morgan fingerprint density at radius 3 is 2.65 bits per heavy atom. The average molecular weight is 358 g/mol. The number of amides is 1. The molecule has 2 aromatic rings. The molecule has 1 heterocycles. The third-order valence-corrected chi connectivity index (χ3v) is 4.54. The van der Waals surface area contributed by atoms with Crippen LogP contribution in [0.25, 0.3) is 0 Å². The summed E-state index contributed by atoms with van der Waals surface area (Å²) in [5.74, 6) is -0.245. The maximum atomic E-state index is 13.4. The van der Waals surface area contributed by atoms with Crippen molar-refractivity contribution in [3.63, 3.8) is 0 Å². The molecule has 1 aromatic heterocycles. The lowest BCUT2D eigenvalue weighted by molar-refractivity contribution is 0.100. The van der Waals surface area contributed by atoms with E-state index in [-0.39, 0.29) is 28.9 Å². The Labute approximate surface area is 151 Å². The summed E-state index contributed by atoms with van der Waals surface area (Å²) in [6.45, 7) is 4.16. The van der Waals surface area contributed by atoms with Crippen LogP contribution in [0.4, 0.5) is 21.8 Å². The van der Waals surface area contributed by atoms with E-state index in [9.17, 15) is 9.18 Å². The Morgan fingerprint density at radius 2 is 2.08 bits per heavy atom. The zero-order valence-electron chi connectivity index (χ0n) is 14.8. The molecule has 26 heavy (non-hydrogen) atoms. The molecule has 0 bridgehead atoms. The number of nitrogens with two attached hydrogens (primary N) is 2. The van der Waals surface area contributed by atoms with Crippen LogP contribution < -0.4 is 22.1 Å². The first kappa shape index (κ1) is 18.1. The van der Waals surface area contributed by atoms with Crippen LogP contribution in [0.5, 0.6) is 0 Å². The van der Waals surface area contributed by atoms with Crippen LogP contribution >= 0.6 is 0 Å². The number of primary amides is 1. The SMILES string of the molecule is CC(C)C(Nc1ncc(C(N)=O)c(Nc2cccc(F)c2)n1)C1(N)CC1. The van der Waals surface area contributed by atoms with Crippen molar-refractivity contribution in [3.8, 4) is 0 Å². The minimum Gasteiger partial charge on any atom is -0.365 e. The van der Waals surface area contributed by atoms with E-state index in [1.807, 2.05) is 0 Å². The van der Waals surface area contributed by atoms with E-state index < -0.39 is 11.7 Å². The maximum Gasteiger partial charge on any atom is 0.254 e. The molecule has 6 N–H and O–H groups in total. The highest BCUT2D eigenvalue weighted by molar-refractivity contribution is 5.98. The number of hydrogen-bond donors (Lipinski definition) is 4. The van der Waals surface area contributed by atoms with Gasteiger partial charge in [-0.05, 0) is 37.0 Å². The maximum absolute atomic E-state index is 13.4. The van der Waals surface area contributed by atoms with Gasteiger partial charge in [-0.1, -0.05) is 19.9 Å². The molecule has 1 atom stereocenters. The summed E-state index contributed by atoms with van der Waals surface area (Å²) < 4.78 is 13.4. The first-order valence-electron chi connectivity index (χ1n) is 8.53. The summed E-state index contributed by atoms with van der Waals surface area (Å²) in [7, 11) is 0. The van der Waals surface area contributed by atoms with Crippen LogP contribution in [0.3, 0.4) is 0 Å². The second kappa shape index (κ2) is 6.87. The van der Waals surface area contributed by atoms with Crippen LogP contribution in [-0.4, -0.2) is 27.5 Å². The molecule has 1 unspecified atom stereocenters. The highest BCUT2D eigenvalue weighted by atomic mass is 19.1. The summed E-state index contributed by atoms with van der Waals surface area (Å²) in [6.07, 6.45) is 3.24. The molecular weight excluding hydrogens is 335 g/mol. The number of carbonyl (C=O) groups excluding carboxylic acids is 1. The van der Waals surface area contributed by atoms with E-state index >= 15 is 0 Å². The number of aromatic nitrogens is 2. The third-order valence-electron chi connectivity index (χ3n) is 4.54. The highest BCUT2D eigenvalue weighted by Crippen LogP contribution is 2.39. The molecule has 1 fully saturated rings. The topological polar surface area (TPSA) is 119 Å². The average Bonchev–Trinajstić information content (AvgIpc) is 3.30. The van der Waals surface area contributed by atoms with Crippen LogP contribution in [0.1, 0.15) is 37.0 Å². The fourth-order valence-electron chi connectivity index (χ4n) is 3.00. The van der Waals surface area contributed by atoms with Crippen LogP contribution in [-0.2, 0) is 0 Å². The van der Waals surface area contributed by atoms with Crippen molar-refractivity contribution in [1.29, 1.82) is 0 Å². The van der Waals surface area contributed by atoms with Gasteiger partial charge in [-0.25, -0.2) is 9.37 Å². The van der Waals surface area contributed by atoms with E-state index in [0.717, 1.165) is 12.8 Å². The second-order valence-electron chi connectivity index (χ2n) is 7.05. The zero-order chi connectivity index (χ0) is 18.9. The minimum absolute atomic E-state index is 0.00366. The number of hydrogen-bond acceptors (Lipinski definition) is 6. The number of benzene rings is 1. The number of nitrogens with zero attached hydrogens (tertiary/aromatic N) is 2. The quantitative estimate of drug-likeness (QED) is 0.603. The van der Waals surface area contributed by atoms with Crippen molar-refractivity contribution in [2.45, 2.75) is 38.3 Å². The van der Waals surface area contributed by atoms with Gasteiger partial charge in [0.15, 0.2) is 0 Å². The number of anilines is 3. The third kappa shape index (κ3) is 3.91. The van der Waals surface area contributed by atoms with Gasteiger partial charge < -0.3 is 22.1 Å². The van der Waals surface area contributed by atoms with Crippen molar-refractivity contribution in [2.24, 2.45) is 17.4 Å². The standard InChI is InChI=1S/C18H23FN6O/c1-10(2)14(18(21)6-7-18)24-17-22-9-13(15(20)26)16(25-17)23-12-5-3-4-11(19)8-12/h3-5,8-10,14H,6-7,21H2,1-2H3,(H2,20,26)(H2,22,23,24,25). The summed E-state index contributed by atoms with van der Waals surface area (Å²) in [4.78, 5) is 20.2. The molecule has 8 heteroatoms. The lowest BCUT2D eigenvalue weighted by atomic mass is 9.95. The molecule has 1 aliphatic rings. The molecule has 1 saturated carbocycles. The van der Waals surface area contributed by atoms with Gasteiger partial charge >= 0.3 is 0 Å². The fourth-order valence-corrected chi connectivity index (χ4v) is 3.00. The zero-order valence-corrected chi connectivity index (χ0v) is 14.8. The van der Waals surface area contributed by atoms with Gasteiger partial charge in [0.2, 0.25) is 5.95 Å². The molecular formula is C18H23FN6O. The number of carbonyl (C=O) groups is 1. The van der Waals surface area contributed by atoms with Crippen molar-refractivity contribution in [2.75, 3.05) is 10.6 Å². The first-order chi connectivity index (χ1) is 12.3. The Morgan fingerprint density at radius 1 is 1.35 bits per heavy atom. The predicted molar refractivity (Wildman–Crippen MR) is 98.6 cm³/mol. The number of nitrogens with one attached hydrogen (secondary N) is 2. The van der Waals surface area contributed by atoms with Crippen LogP contribution in [0.2, 0.25) is 0 Å². The van der Waals surface area contributed by atoms with Gasteiger partial charge in [0, 0.05) is 23.5 Å². The molecule has 1 aliphatic carbocycles. The molecule has 1 aromatic carbocycles. The fraction of sp³-hybridized carbons (Fsp3) is 0.389. The molecule has 3 rings (SSSR count). The van der Waals surface area contributed by atoms with Crippen molar-refractivity contribution in [3.05, 3.63) is 41.8 Å². The minimum atomic E-state index is -0.673. The molecule has 0 saturated heterocycles. The molecule has 138 valence electrons. The summed E-state index contributed by atoms with van der Waals surface area (Å²) in [5.41, 5.74) is 12.1. The van der Waals surface area contributed by atoms with Gasteiger partial charge in [0.05, 0.1) is 0 Å². The molecule has 1 amide bonds. The number of rotatable bonds is 7. The van der Waals surface area contributed by atoms with Crippen LogP contribution in [0, 0.1) is 11.7 Å². The van der Waals surface area contributed by atoms with E-state index in [4.69, 9.17) is 11.5 Å². The van der Waals surface area contributed by atoms with E-state index in [1.54, 1.807) is 12.1 Å². The summed E-state index contributed by atoms with van der Waals surface area (Å²) in [5, 5.41) is 6.20. The summed E-state index contributed by atoms with van der Waals surface area (Å²) in [6, 6.07) is 5.86. The molecule has 0 aliphatic heterocycles. The Bertz CT molecular complexity index is 821. The van der Waals surface area contributed by atoms with Crippen molar-refractivity contribution >= 4 is 23.4 Å². The number of halogens is 1. The van der Waals surface area contributed by atoms with Crippen LogP contribution in [0.15, 0.2) is 30.5 Å². The van der Waals surface area contributed by atoms with Gasteiger partial charge in [-0.3, -0.25) is 4.79 Å². The predicted octanol–water partition coefficient (Wildman–Crippen LogP) is 2.39. The molecule has 0 radical (unpaired) electrons. The Kier molecular flexibility index (Phi) is 4.78.